The summed E-state index contributed by atoms with van der Waals surface area (Å²) in [5.74, 6) is -3.06. The van der Waals surface area contributed by atoms with E-state index in [1.165, 1.54) is 6.07 Å². The summed E-state index contributed by atoms with van der Waals surface area (Å²) in [5.41, 5.74) is 0.423. The van der Waals surface area contributed by atoms with Gasteiger partial charge in [-0.15, -0.1) is 0 Å². The van der Waals surface area contributed by atoms with E-state index in [0.717, 1.165) is 0 Å². The number of alkyl halides is 2. The third-order valence-electron chi connectivity index (χ3n) is 1.58. The smallest absolute Gasteiger partial charge is 0.274 e. The normalized spacial score (nSPS) is 11.7. The maximum Gasteiger partial charge on any atom is 0.274 e. The molecule has 1 rings (SSSR count). The van der Waals surface area contributed by atoms with E-state index in [0.29, 0.717) is 10.6 Å². The molecule has 0 aliphatic carbocycles. The maximum atomic E-state index is 12.7. The Labute approximate surface area is 80.0 Å². The SMILES string of the molecule is OCC(F)(F)Cc1cccc(Cl)c1. The lowest BCUT2D eigenvalue weighted by Gasteiger charge is -2.12. The van der Waals surface area contributed by atoms with Gasteiger partial charge in [0.1, 0.15) is 6.61 Å². The average Bonchev–Trinajstić information content (AvgIpc) is 2.03. The van der Waals surface area contributed by atoms with Crippen molar-refractivity contribution < 1.29 is 13.9 Å². The highest BCUT2D eigenvalue weighted by Gasteiger charge is 2.27. The van der Waals surface area contributed by atoms with Crippen molar-refractivity contribution in [1.82, 2.24) is 0 Å². The number of benzene rings is 1. The van der Waals surface area contributed by atoms with Crippen molar-refractivity contribution in [3.8, 4) is 0 Å². The zero-order chi connectivity index (χ0) is 9.90. The van der Waals surface area contributed by atoms with Gasteiger partial charge in [-0.05, 0) is 17.7 Å². The zero-order valence-electron chi connectivity index (χ0n) is 6.80. The van der Waals surface area contributed by atoms with Gasteiger partial charge in [-0.2, -0.15) is 0 Å². The van der Waals surface area contributed by atoms with Gasteiger partial charge in [0.15, 0.2) is 0 Å². The highest BCUT2D eigenvalue weighted by Crippen LogP contribution is 2.21. The van der Waals surface area contributed by atoms with Crippen LogP contribution >= 0.6 is 11.6 Å². The minimum atomic E-state index is -3.06. The first kappa shape index (κ1) is 10.4. The predicted molar refractivity (Wildman–Crippen MR) is 47.2 cm³/mol. The molecular weight excluding hydrogens is 198 g/mol. The van der Waals surface area contributed by atoms with E-state index >= 15 is 0 Å². The fraction of sp³-hybridized carbons (Fsp3) is 0.333. The average molecular weight is 207 g/mol. The molecule has 0 aromatic heterocycles. The molecule has 0 spiro atoms. The highest BCUT2D eigenvalue weighted by molar-refractivity contribution is 6.30. The molecule has 1 N–H and O–H groups in total. The Morgan fingerprint density at radius 2 is 2.08 bits per heavy atom. The van der Waals surface area contributed by atoms with Crippen molar-refractivity contribution in [3.63, 3.8) is 0 Å². The van der Waals surface area contributed by atoms with Crippen LogP contribution in [0.4, 0.5) is 8.78 Å². The fourth-order valence-electron chi connectivity index (χ4n) is 1.00. The molecule has 4 heteroatoms. The first-order chi connectivity index (χ1) is 6.03. The molecule has 1 aromatic carbocycles. The van der Waals surface area contributed by atoms with Crippen molar-refractivity contribution >= 4 is 11.6 Å². The molecule has 0 amide bonds. The molecule has 1 aromatic rings. The van der Waals surface area contributed by atoms with Crippen molar-refractivity contribution in [2.24, 2.45) is 0 Å². The second-order valence-corrected chi connectivity index (χ2v) is 3.26. The molecule has 0 heterocycles. The van der Waals surface area contributed by atoms with E-state index < -0.39 is 19.0 Å². The molecule has 0 aliphatic heterocycles. The number of hydrogen-bond acceptors (Lipinski definition) is 1. The minimum Gasteiger partial charge on any atom is -0.390 e. The lowest BCUT2D eigenvalue weighted by Crippen LogP contribution is -2.24. The van der Waals surface area contributed by atoms with E-state index in [4.69, 9.17) is 16.7 Å². The number of aliphatic hydroxyl groups excluding tert-OH is 1. The molecule has 0 fully saturated rings. The van der Waals surface area contributed by atoms with Gasteiger partial charge in [0.25, 0.3) is 5.92 Å². The number of aliphatic hydroxyl groups is 1. The Kier molecular flexibility index (Phi) is 3.22. The van der Waals surface area contributed by atoms with Gasteiger partial charge in [-0.3, -0.25) is 0 Å². The molecule has 13 heavy (non-hydrogen) atoms. The number of rotatable bonds is 3. The predicted octanol–water partition coefficient (Wildman–Crippen LogP) is 2.51. The molecule has 72 valence electrons. The van der Waals surface area contributed by atoms with E-state index in [1.54, 1.807) is 18.2 Å². The summed E-state index contributed by atoms with van der Waals surface area (Å²) in [4.78, 5) is 0. The van der Waals surface area contributed by atoms with Crippen molar-refractivity contribution in [2.45, 2.75) is 12.3 Å². The Hall–Kier alpha value is -0.670. The summed E-state index contributed by atoms with van der Waals surface area (Å²) in [7, 11) is 0. The molecule has 1 nitrogen and oxygen atoms in total. The zero-order valence-corrected chi connectivity index (χ0v) is 7.56. The van der Waals surface area contributed by atoms with Gasteiger partial charge in [0, 0.05) is 11.4 Å². The first-order valence-electron chi connectivity index (χ1n) is 3.77. The first-order valence-corrected chi connectivity index (χ1v) is 4.14. The minimum absolute atomic E-state index is 0.422. The van der Waals surface area contributed by atoms with Crippen LogP contribution in [0.25, 0.3) is 0 Å². The second-order valence-electron chi connectivity index (χ2n) is 2.82. The van der Waals surface area contributed by atoms with E-state index in [1.807, 2.05) is 0 Å². The third-order valence-corrected chi connectivity index (χ3v) is 1.82. The molecule has 0 bridgehead atoms. The van der Waals surface area contributed by atoms with Gasteiger partial charge in [0.2, 0.25) is 0 Å². The highest BCUT2D eigenvalue weighted by atomic mass is 35.5. The monoisotopic (exact) mass is 206 g/mol. The van der Waals surface area contributed by atoms with Crippen LogP contribution in [0.15, 0.2) is 24.3 Å². The van der Waals surface area contributed by atoms with Crippen molar-refractivity contribution in [1.29, 1.82) is 0 Å². The van der Waals surface area contributed by atoms with Gasteiger partial charge in [-0.25, -0.2) is 8.78 Å². The summed E-state index contributed by atoms with van der Waals surface area (Å²) in [6.07, 6.45) is -0.482. The van der Waals surface area contributed by atoms with E-state index in [-0.39, 0.29) is 0 Å². The van der Waals surface area contributed by atoms with Crippen LogP contribution in [0, 0.1) is 0 Å². The van der Waals surface area contributed by atoms with Crippen LogP contribution < -0.4 is 0 Å². The van der Waals surface area contributed by atoms with E-state index in [9.17, 15) is 8.78 Å². The molecule has 0 aliphatic rings. The maximum absolute atomic E-state index is 12.7. The summed E-state index contributed by atoms with van der Waals surface area (Å²) in [5, 5.41) is 8.76. The second kappa shape index (κ2) is 4.03. The summed E-state index contributed by atoms with van der Waals surface area (Å²) in [6, 6.07) is 6.23. The fourth-order valence-corrected chi connectivity index (χ4v) is 1.21. The van der Waals surface area contributed by atoms with Gasteiger partial charge >= 0.3 is 0 Å². The topological polar surface area (TPSA) is 20.2 Å². The van der Waals surface area contributed by atoms with Crippen LogP contribution in [0.3, 0.4) is 0 Å². The number of hydrogen-bond donors (Lipinski definition) is 1. The largest absolute Gasteiger partial charge is 0.390 e. The molecule has 0 saturated carbocycles. The summed E-state index contributed by atoms with van der Waals surface area (Å²) < 4.78 is 25.4. The Bertz CT molecular complexity index is 289. The van der Waals surface area contributed by atoms with Gasteiger partial charge < -0.3 is 5.11 Å². The van der Waals surface area contributed by atoms with Crippen LogP contribution in [-0.4, -0.2) is 17.6 Å². The lowest BCUT2D eigenvalue weighted by molar-refractivity contribution is -0.0488. The van der Waals surface area contributed by atoms with Crippen LogP contribution in [0.1, 0.15) is 5.56 Å². The quantitative estimate of drug-likeness (QED) is 0.806. The summed E-state index contributed by atoms with van der Waals surface area (Å²) >= 11 is 5.61. The van der Waals surface area contributed by atoms with Crippen LogP contribution in [0.5, 0.6) is 0 Å². The summed E-state index contributed by atoms with van der Waals surface area (Å²) in [6.45, 7) is -1.14. The van der Waals surface area contributed by atoms with E-state index in [2.05, 4.69) is 0 Å². The standard InChI is InChI=1S/C9H9ClF2O/c10-8-3-1-2-7(4-8)5-9(11,12)6-13/h1-4,13H,5-6H2. The lowest BCUT2D eigenvalue weighted by atomic mass is 10.1. The van der Waals surface area contributed by atoms with Gasteiger partial charge in [0.05, 0.1) is 0 Å². The Morgan fingerprint density at radius 1 is 1.38 bits per heavy atom. The molecule has 0 radical (unpaired) electrons. The Balaban J connectivity index is 2.74. The van der Waals surface area contributed by atoms with Crippen LogP contribution in [-0.2, 0) is 6.42 Å². The van der Waals surface area contributed by atoms with Crippen LogP contribution in [0.2, 0.25) is 5.02 Å². The molecule has 0 unspecified atom stereocenters. The number of halogens is 3. The molecule has 0 atom stereocenters. The molecule has 0 saturated heterocycles. The van der Waals surface area contributed by atoms with Crippen molar-refractivity contribution in [2.75, 3.05) is 6.61 Å². The Morgan fingerprint density at radius 3 is 2.62 bits per heavy atom. The van der Waals surface area contributed by atoms with Gasteiger partial charge in [-0.1, -0.05) is 23.7 Å². The van der Waals surface area contributed by atoms with Crippen molar-refractivity contribution in [3.05, 3.63) is 34.9 Å². The third kappa shape index (κ3) is 3.28. The molecular formula is C9H9ClF2O.